The standard InChI is InChI=1S/C21H24Cl2N2S/c1-15-2-7-20(19(23)12-15)25-10-9-24(18-8-11-26-14-18)13-21(25)16-3-5-17(22)6-4-16/h2-7,12,18,21H,8-11,13-14H2,1H3. The maximum atomic E-state index is 6.62. The van der Waals surface area contributed by atoms with Crippen molar-refractivity contribution in [1.82, 2.24) is 4.90 Å². The van der Waals surface area contributed by atoms with Gasteiger partial charge < -0.3 is 4.90 Å². The van der Waals surface area contributed by atoms with Crippen LogP contribution in [0.3, 0.4) is 0 Å². The Kier molecular flexibility index (Phi) is 5.70. The first-order valence-electron chi connectivity index (χ1n) is 9.22. The van der Waals surface area contributed by atoms with Crippen molar-refractivity contribution < 1.29 is 0 Å². The average Bonchev–Trinajstić information content (AvgIpc) is 3.17. The molecule has 0 N–H and O–H groups in total. The smallest absolute Gasteiger partial charge is 0.0670 e. The second-order valence-corrected chi connectivity index (χ2v) is 9.22. The molecule has 0 aromatic heterocycles. The number of thioether (sulfide) groups is 1. The fourth-order valence-corrected chi connectivity index (χ4v) is 5.77. The van der Waals surface area contributed by atoms with Gasteiger partial charge in [0.15, 0.2) is 0 Å². The van der Waals surface area contributed by atoms with Crippen LogP contribution < -0.4 is 4.90 Å². The van der Waals surface area contributed by atoms with Crippen molar-refractivity contribution in [3.63, 3.8) is 0 Å². The molecule has 2 saturated heterocycles. The summed E-state index contributed by atoms with van der Waals surface area (Å²) in [6, 6.07) is 15.7. The number of rotatable bonds is 3. The first-order valence-corrected chi connectivity index (χ1v) is 11.1. The van der Waals surface area contributed by atoms with Gasteiger partial charge in [0.25, 0.3) is 0 Å². The van der Waals surface area contributed by atoms with Crippen LogP contribution in [0.4, 0.5) is 5.69 Å². The first-order chi connectivity index (χ1) is 12.6. The van der Waals surface area contributed by atoms with Crippen LogP contribution in [-0.4, -0.2) is 42.1 Å². The Morgan fingerprint density at radius 2 is 1.85 bits per heavy atom. The zero-order valence-electron chi connectivity index (χ0n) is 15.0. The Balaban J connectivity index is 1.66. The van der Waals surface area contributed by atoms with E-state index in [9.17, 15) is 0 Å². The van der Waals surface area contributed by atoms with Crippen molar-refractivity contribution in [3.05, 3.63) is 63.6 Å². The molecule has 2 atom stereocenters. The maximum absolute atomic E-state index is 6.62. The van der Waals surface area contributed by atoms with Crippen molar-refractivity contribution >= 4 is 40.7 Å². The van der Waals surface area contributed by atoms with E-state index in [1.807, 2.05) is 12.1 Å². The van der Waals surface area contributed by atoms with E-state index in [0.29, 0.717) is 12.1 Å². The van der Waals surface area contributed by atoms with Crippen molar-refractivity contribution in [2.24, 2.45) is 0 Å². The Morgan fingerprint density at radius 1 is 1.04 bits per heavy atom. The summed E-state index contributed by atoms with van der Waals surface area (Å²) in [5, 5.41) is 1.63. The van der Waals surface area contributed by atoms with Gasteiger partial charge in [-0.05, 0) is 54.5 Å². The molecule has 2 aliphatic heterocycles. The molecule has 0 aliphatic carbocycles. The lowest BCUT2D eigenvalue weighted by Gasteiger charge is -2.45. The molecule has 2 aliphatic rings. The number of halogens is 2. The third kappa shape index (κ3) is 3.87. The van der Waals surface area contributed by atoms with Gasteiger partial charge in [-0.1, -0.05) is 41.4 Å². The minimum Gasteiger partial charge on any atom is -0.361 e. The normalized spacial score (nSPS) is 24.2. The largest absolute Gasteiger partial charge is 0.361 e. The second kappa shape index (κ2) is 8.02. The molecule has 2 aromatic carbocycles. The van der Waals surface area contributed by atoms with E-state index in [-0.39, 0.29) is 0 Å². The number of anilines is 1. The highest BCUT2D eigenvalue weighted by molar-refractivity contribution is 7.99. The highest BCUT2D eigenvalue weighted by Gasteiger charge is 2.33. The Labute approximate surface area is 170 Å². The van der Waals surface area contributed by atoms with E-state index in [0.717, 1.165) is 35.4 Å². The zero-order chi connectivity index (χ0) is 18.1. The fraction of sp³-hybridized carbons (Fsp3) is 0.429. The third-order valence-electron chi connectivity index (χ3n) is 5.50. The second-order valence-electron chi connectivity index (χ2n) is 7.23. The van der Waals surface area contributed by atoms with Gasteiger partial charge in [0, 0.05) is 36.5 Å². The minimum absolute atomic E-state index is 0.298. The van der Waals surface area contributed by atoms with Crippen LogP contribution in [0.1, 0.15) is 23.6 Å². The SMILES string of the molecule is Cc1ccc(N2CCN(C3CCSC3)CC2c2ccc(Cl)cc2)c(Cl)c1. The van der Waals surface area contributed by atoms with Crippen LogP contribution in [0, 0.1) is 6.92 Å². The highest BCUT2D eigenvalue weighted by atomic mass is 35.5. The molecule has 26 heavy (non-hydrogen) atoms. The molecule has 5 heteroatoms. The van der Waals surface area contributed by atoms with E-state index >= 15 is 0 Å². The molecule has 4 rings (SSSR count). The molecule has 2 heterocycles. The number of benzene rings is 2. The predicted octanol–water partition coefficient (Wildman–Crippen LogP) is 5.67. The molecule has 2 nitrogen and oxygen atoms in total. The van der Waals surface area contributed by atoms with Crippen LogP contribution >= 0.6 is 35.0 Å². The topological polar surface area (TPSA) is 6.48 Å². The molecule has 2 aromatic rings. The zero-order valence-corrected chi connectivity index (χ0v) is 17.3. The van der Waals surface area contributed by atoms with E-state index in [1.165, 1.54) is 29.1 Å². The minimum atomic E-state index is 0.298. The summed E-state index contributed by atoms with van der Waals surface area (Å²) in [5.41, 5.74) is 3.64. The average molecular weight is 407 g/mol. The van der Waals surface area contributed by atoms with Gasteiger partial charge in [-0.3, -0.25) is 4.90 Å². The molecular formula is C21H24Cl2N2S. The Bertz CT molecular complexity index is 759. The van der Waals surface area contributed by atoms with Crippen LogP contribution in [0.5, 0.6) is 0 Å². The van der Waals surface area contributed by atoms with Gasteiger partial charge in [-0.15, -0.1) is 0 Å². The number of aryl methyl sites for hydroxylation is 1. The Hall–Kier alpha value is -0.870. The lowest BCUT2D eigenvalue weighted by atomic mass is 9.99. The van der Waals surface area contributed by atoms with Crippen LogP contribution in [0.15, 0.2) is 42.5 Å². The summed E-state index contributed by atoms with van der Waals surface area (Å²) < 4.78 is 0. The molecule has 0 spiro atoms. The molecule has 0 saturated carbocycles. The van der Waals surface area contributed by atoms with Gasteiger partial charge in [-0.25, -0.2) is 0 Å². The maximum Gasteiger partial charge on any atom is 0.0670 e. The summed E-state index contributed by atoms with van der Waals surface area (Å²) in [5.74, 6) is 2.55. The monoisotopic (exact) mass is 406 g/mol. The van der Waals surface area contributed by atoms with E-state index in [4.69, 9.17) is 23.2 Å². The first kappa shape index (κ1) is 18.5. The van der Waals surface area contributed by atoms with Crippen LogP contribution in [0.25, 0.3) is 0 Å². The third-order valence-corrected chi connectivity index (χ3v) is 7.20. The van der Waals surface area contributed by atoms with E-state index in [2.05, 4.69) is 58.8 Å². The van der Waals surface area contributed by atoms with Gasteiger partial charge in [-0.2, -0.15) is 11.8 Å². The van der Waals surface area contributed by atoms with Crippen molar-refractivity contribution in [1.29, 1.82) is 0 Å². The molecule has 2 fully saturated rings. The molecule has 138 valence electrons. The van der Waals surface area contributed by atoms with Crippen LogP contribution in [-0.2, 0) is 0 Å². The lowest BCUT2D eigenvalue weighted by Crippen LogP contribution is -2.52. The molecule has 0 amide bonds. The van der Waals surface area contributed by atoms with E-state index < -0.39 is 0 Å². The number of hydrogen-bond acceptors (Lipinski definition) is 3. The summed E-state index contributed by atoms with van der Waals surface area (Å²) in [4.78, 5) is 5.15. The summed E-state index contributed by atoms with van der Waals surface area (Å²) >= 11 is 14.8. The Morgan fingerprint density at radius 3 is 2.54 bits per heavy atom. The van der Waals surface area contributed by atoms with Gasteiger partial charge in [0.05, 0.1) is 16.8 Å². The van der Waals surface area contributed by atoms with Gasteiger partial charge in [0.1, 0.15) is 0 Å². The van der Waals surface area contributed by atoms with Crippen molar-refractivity contribution in [2.75, 3.05) is 36.0 Å². The quantitative estimate of drug-likeness (QED) is 0.647. The summed E-state index contributed by atoms with van der Waals surface area (Å²) in [7, 11) is 0. The van der Waals surface area contributed by atoms with Crippen molar-refractivity contribution in [3.8, 4) is 0 Å². The summed E-state index contributed by atoms with van der Waals surface area (Å²) in [6.07, 6.45) is 1.31. The predicted molar refractivity (Wildman–Crippen MR) is 115 cm³/mol. The number of piperazine rings is 1. The van der Waals surface area contributed by atoms with Crippen molar-refractivity contribution in [2.45, 2.75) is 25.4 Å². The summed E-state index contributed by atoms with van der Waals surface area (Å²) in [6.45, 7) is 5.22. The molecule has 2 unspecified atom stereocenters. The number of nitrogens with zero attached hydrogens (tertiary/aromatic N) is 2. The fourth-order valence-electron chi connectivity index (χ4n) is 4.05. The van der Waals surface area contributed by atoms with E-state index in [1.54, 1.807) is 0 Å². The number of hydrogen-bond donors (Lipinski definition) is 0. The van der Waals surface area contributed by atoms with Crippen LogP contribution in [0.2, 0.25) is 10.0 Å². The molecule has 0 radical (unpaired) electrons. The lowest BCUT2D eigenvalue weighted by molar-refractivity contribution is 0.174. The van der Waals surface area contributed by atoms with Gasteiger partial charge in [0.2, 0.25) is 0 Å². The molecule has 0 bridgehead atoms. The van der Waals surface area contributed by atoms with Gasteiger partial charge >= 0.3 is 0 Å². The highest BCUT2D eigenvalue weighted by Crippen LogP contribution is 2.37. The molecular weight excluding hydrogens is 383 g/mol.